The molecule has 792 valence electrons. The number of allylic oxidation sites excluding steroid dienone is 12. The van der Waals surface area contributed by atoms with Gasteiger partial charge in [0.25, 0.3) is 23.4 Å². The van der Waals surface area contributed by atoms with Gasteiger partial charge >= 0.3 is 11.9 Å². The maximum Gasteiger partial charge on any atom is 0.329 e. The third kappa shape index (κ3) is 35.2. The molecule has 0 aromatic carbocycles. The minimum Gasteiger partial charge on any atom is -0.460 e. The Morgan fingerprint density at radius 2 is 0.800 bits per heavy atom. The van der Waals surface area contributed by atoms with Gasteiger partial charge in [-0.3, -0.25) is 38.4 Å². The molecule has 30 atom stereocenters. The van der Waals surface area contributed by atoms with Crippen molar-refractivity contribution in [1.29, 1.82) is 0 Å². The Morgan fingerprint density at radius 1 is 0.429 bits per heavy atom. The summed E-state index contributed by atoms with van der Waals surface area (Å²) in [5.41, 5.74) is 2.50. The van der Waals surface area contributed by atoms with Gasteiger partial charge in [0.15, 0.2) is 11.6 Å². The van der Waals surface area contributed by atoms with Crippen molar-refractivity contribution in [2.24, 2.45) is 71.0 Å². The van der Waals surface area contributed by atoms with Crippen molar-refractivity contribution < 1.29 is 135 Å². The van der Waals surface area contributed by atoms with Crippen LogP contribution in [0.4, 0.5) is 0 Å². The molecule has 2 amide bonds. The second-order valence-corrected chi connectivity index (χ2v) is 41.7. The zero-order valence-corrected chi connectivity index (χ0v) is 87.7. The number of esters is 2. The number of ether oxygens (including phenoxy) is 12. The molecule has 2 aliphatic carbocycles. The number of piperidine rings is 2. The molecular weight excluding hydrogens is 1800 g/mol. The Bertz CT molecular complexity index is 3950. The van der Waals surface area contributed by atoms with Crippen molar-refractivity contribution in [2.45, 2.75) is 387 Å². The number of hydrogen-bond acceptors (Lipinski definition) is 28. The highest BCUT2D eigenvalue weighted by Crippen LogP contribution is 2.42. The minimum atomic E-state index is -2.46. The number of nitrogens with zero attached hydrogens (tertiary/aromatic N) is 2. The summed E-state index contributed by atoms with van der Waals surface area (Å²) in [5, 5.41) is 68.2. The predicted molar refractivity (Wildman–Crippen MR) is 530 cm³/mol. The van der Waals surface area contributed by atoms with Crippen molar-refractivity contribution in [3.05, 3.63) is 95.2 Å². The Balaban J connectivity index is 0.000000381. The number of aliphatic hydroxyl groups is 6. The lowest BCUT2D eigenvalue weighted by molar-refractivity contribution is -0.266. The van der Waals surface area contributed by atoms with E-state index in [9.17, 15) is 78.6 Å². The minimum absolute atomic E-state index is 0.00309. The van der Waals surface area contributed by atoms with E-state index in [4.69, 9.17) is 56.8 Å². The van der Waals surface area contributed by atoms with Crippen LogP contribution >= 0.6 is 0 Å². The molecule has 30 heteroatoms. The summed E-state index contributed by atoms with van der Waals surface area (Å²) in [6.07, 6.45) is 23.7. The lowest BCUT2D eigenvalue weighted by atomic mass is 9.78. The molecule has 140 heavy (non-hydrogen) atoms. The molecule has 2 unspecified atom stereocenters. The Hall–Kier alpha value is -6.82. The summed E-state index contributed by atoms with van der Waals surface area (Å²) in [6.45, 7) is 32.1. The van der Waals surface area contributed by atoms with Gasteiger partial charge < -0.3 is 97.3 Å². The monoisotopic (exact) mass is 1970 g/mol. The fourth-order valence-electron chi connectivity index (χ4n) is 21.1. The average molecular weight is 1970 g/mol. The van der Waals surface area contributed by atoms with Crippen LogP contribution in [0, 0.1) is 71.0 Å². The molecule has 0 radical (unpaired) electrons. The zero-order valence-electron chi connectivity index (χ0n) is 87.7. The lowest BCUT2D eigenvalue weighted by Crippen LogP contribution is -2.61. The standard InChI is InChI=1S/2C55H87NO14/c2*1-11-25-67-26-27-68-46-32-42-22-20-40(8)55(64,70-42)52(61)53(62)56-24-16-15-19-43(56)54(63)69-47(37(5)30-41-21-23-44(57)48(31-41)65-9)33-45(58)36(4)29-39(7)50(60)51(66-10)49(59)38(6)28-34(2)17-13-12-14-18-35(46)3/h2*12-14,17-18,29,34,36-38,40-44,46-48,50-51,57,60,64H,11,15-16,19-28,30-33H2,1-10H3/b2*14-12+,17-13+,35-18+,39-29+/t2*34-,36-,37-,38-,40-,41+,42+,43+,44-,46?,47+,48-,50-,51+,55-/m11/s1. The smallest absolute Gasteiger partial charge is 0.329 e. The summed E-state index contributed by atoms with van der Waals surface area (Å²) >= 11 is 0. The van der Waals surface area contributed by atoms with E-state index in [1.807, 2.05) is 130 Å². The number of methoxy groups -OCH3 is 4. The van der Waals surface area contributed by atoms with Crippen molar-refractivity contribution >= 4 is 58.5 Å². The molecular formula is C110H174N2O28. The van der Waals surface area contributed by atoms with Gasteiger partial charge in [-0.25, -0.2) is 9.59 Å². The molecule has 4 bridgehead atoms. The highest BCUT2D eigenvalue weighted by atomic mass is 16.6. The highest BCUT2D eigenvalue weighted by molar-refractivity contribution is 6.39. The fraction of sp³-hybridized carbons (Fsp3) is 0.764. The van der Waals surface area contributed by atoms with Gasteiger partial charge in [0.05, 0.1) is 75.3 Å². The van der Waals surface area contributed by atoms with E-state index < -0.39 is 168 Å². The molecule has 0 aromatic rings. The summed E-state index contributed by atoms with van der Waals surface area (Å²) in [4.78, 5) is 145. The Labute approximate surface area is 833 Å². The second-order valence-electron chi connectivity index (χ2n) is 41.7. The van der Waals surface area contributed by atoms with E-state index in [1.165, 1.54) is 24.0 Å². The molecule has 0 spiro atoms. The van der Waals surface area contributed by atoms with Crippen LogP contribution in [-0.4, -0.2) is 289 Å². The highest BCUT2D eigenvalue weighted by Gasteiger charge is 2.56. The first-order chi connectivity index (χ1) is 66.5. The second kappa shape index (κ2) is 59.7. The van der Waals surface area contributed by atoms with Gasteiger partial charge in [0.1, 0.15) is 60.3 Å². The number of Topliss-reactive ketones (excluding diaryl/α,β-unsaturated/α-hetero) is 6. The van der Waals surface area contributed by atoms with E-state index >= 15 is 0 Å². The van der Waals surface area contributed by atoms with E-state index in [1.54, 1.807) is 67.9 Å². The number of amides is 2. The van der Waals surface area contributed by atoms with E-state index in [0.29, 0.717) is 154 Å². The normalized spacial score (nSPS) is 38.4. The van der Waals surface area contributed by atoms with Crippen LogP contribution < -0.4 is 0 Å². The molecule has 2 saturated carbocycles. The van der Waals surface area contributed by atoms with Gasteiger partial charge in [0, 0.05) is 116 Å². The van der Waals surface area contributed by atoms with Gasteiger partial charge in [-0.05, 0) is 227 Å². The van der Waals surface area contributed by atoms with E-state index in [2.05, 4.69) is 0 Å². The number of ketones is 6. The first-order valence-electron chi connectivity index (χ1n) is 52.2. The average Bonchev–Trinajstić information content (AvgIpc) is 0.773. The first-order valence-corrected chi connectivity index (χ1v) is 52.2. The molecule has 8 aliphatic rings. The zero-order chi connectivity index (χ0) is 103. The van der Waals surface area contributed by atoms with Crippen molar-refractivity contribution in [3.63, 3.8) is 0 Å². The third-order valence-corrected chi connectivity index (χ3v) is 30.2. The van der Waals surface area contributed by atoms with E-state index in [0.717, 1.165) is 36.8 Å². The SMILES string of the molecule is CCCOCCOC1C[C@@H]2CC[C@@H](C)[C@@](O)(O2)C(=O)C(=O)N2CCCC[C@H]2C(=O)O[C@H]([C@H](C)C[C@@H]2CC[C@@H](O)[C@H](OC)C2)CC(=O)[C@H](C)/C=C(\C)[C@@H](O)[C@@H](OC)C(=O)[C@H](C)C[C@H](C)/C=C/C=C/C=C/1C.CCCOCCOC1C[C@@H]2CC[C@@H](C)[C@@](O)(O2)C(=O)C(=O)N2CCCC[C@H]2C(=O)O[C@H]([C@H](C)C[C@@H]2CC[C@@H](O)[C@H](OC)C2)CC(=O)[C@H](C)/C=C(\C)[C@@H](O)[C@@H](OC)C(=O)[C@H](C)C[C@H](C)/C=C/C=C/C=C/1C. The molecule has 6 aliphatic heterocycles. The molecule has 0 aromatic heterocycles. The number of cyclic esters (lactones) is 2. The van der Waals surface area contributed by atoms with Crippen LogP contribution in [-0.2, 0) is 105 Å². The largest absolute Gasteiger partial charge is 0.460 e. The van der Waals surface area contributed by atoms with Crippen molar-refractivity contribution in [2.75, 3.05) is 81.2 Å². The summed E-state index contributed by atoms with van der Waals surface area (Å²) < 4.78 is 71.5. The lowest BCUT2D eigenvalue weighted by Gasteiger charge is -2.43. The molecule has 30 nitrogen and oxygen atoms in total. The van der Waals surface area contributed by atoms with Crippen LogP contribution in [0.25, 0.3) is 0 Å². The van der Waals surface area contributed by atoms with Gasteiger partial charge in [-0.15, -0.1) is 0 Å². The summed E-state index contributed by atoms with van der Waals surface area (Å²) in [7, 11) is 5.89. The van der Waals surface area contributed by atoms with Gasteiger partial charge in [-0.1, -0.05) is 156 Å². The van der Waals surface area contributed by atoms with Crippen LogP contribution in [0.1, 0.15) is 278 Å². The predicted octanol–water partition coefficient (Wildman–Crippen LogP) is 14.0. The molecule has 6 N–H and O–H groups in total. The molecule has 6 heterocycles. The summed E-state index contributed by atoms with van der Waals surface area (Å²) in [6, 6.07) is -2.31. The number of aliphatic hydroxyl groups excluding tert-OH is 4. The molecule has 8 rings (SSSR count). The van der Waals surface area contributed by atoms with Crippen molar-refractivity contribution in [3.8, 4) is 0 Å². The molecule has 4 saturated heterocycles. The van der Waals surface area contributed by atoms with Gasteiger partial charge in [-0.2, -0.15) is 0 Å². The number of carbonyl (C=O) groups is 10. The van der Waals surface area contributed by atoms with Crippen molar-refractivity contribution in [1.82, 2.24) is 9.80 Å². The Kier molecular flexibility index (Phi) is 51.2. The molecule has 6 fully saturated rings. The summed E-state index contributed by atoms with van der Waals surface area (Å²) in [5.74, 6) is -16.2. The van der Waals surface area contributed by atoms with Crippen LogP contribution in [0.3, 0.4) is 0 Å². The number of fused-ring (bicyclic) bond motifs is 6. The maximum absolute atomic E-state index is 14.5. The van der Waals surface area contributed by atoms with Crippen LogP contribution in [0.5, 0.6) is 0 Å². The van der Waals surface area contributed by atoms with Crippen LogP contribution in [0.2, 0.25) is 0 Å². The third-order valence-electron chi connectivity index (χ3n) is 30.2. The number of hydrogen-bond donors (Lipinski definition) is 6. The quantitative estimate of drug-likeness (QED) is 0.0254. The Morgan fingerprint density at radius 3 is 1.15 bits per heavy atom. The van der Waals surface area contributed by atoms with Gasteiger partial charge in [0.2, 0.25) is 11.6 Å². The first kappa shape index (κ1) is 120. The fourth-order valence-corrected chi connectivity index (χ4v) is 21.1. The number of rotatable bonds is 22. The topological polar surface area (TPSA) is 409 Å². The van der Waals surface area contributed by atoms with Crippen LogP contribution in [0.15, 0.2) is 95.2 Å². The maximum atomic E-state index is 14.5. The number of carbonyl (C=O) groups excluding carboxylic acids is 10. The van der Waals surface area contributed by atoms with E-state index in [-0.39, 0.29) is 122 Å².